The van der Waals surface area contributed by atoms with Crippen molar-refractivity contribution in [1.82, 2.24) is 10.2 Å². The Morgan fingerprint density at radius 1 is 1.17 bits per heavy atom. The molecule has 18 heavy (non-hydrogen) atoms. The van der Waals surface area contributed by atoms with Crippen LogP contribution in [-0.4, -0.2) is 31.6 Å². The second kappa shape index (κ2) is 6.91. The molecule has 0 fully saturated rings. The molecular weight excluding hydrogens is 220 g/mol. The van der Waals surface area contributed by atoms with E-state index in [1.165, 1.54) is 5.56 Å². The molecule has 0 saturated carbocycles. The molecule has 0 aromatic heterocycles. The molecule has 1 unspecified atom stereocenters. The maximum absolute atomic E-state index is 3.64. The highest BCUT2D eigenvalue weighted by Crippen LogP contribution is 2.33. The van der Waals surface area contributed by atoms with E-state index >= 15 is 0 Å². The molecule has 0 aliphatic rings. The van der Waals surface area contributed by atoms with E-state index in [-0.39, 0.29) is 5.41 Å². The summed E-state index contributed by atoms with van der Waals surface area (Å²) >= 11 is 0. The summed E-state index contributed by atoms with van der Waals surface area (Å²) in [4.78, 5) is 2.38. The van der Waals surface area contributed by atoms with Gasteiger partial charge in [-0.2, -0.15) is 0 Å². The van der Waals surface area contributed by atoms with Gasteiger partial charge in [0.1, 0.15) is 0 Å². The summed E-state index contributed by atoms with van der Waals surface area (Å²) < 4.78 is 0. The van der Waals surface area contributed by atoms with Gasteiger partial charge in [0.15, 0.2) is 0 Å². The van der Waals surface area contributed by atoms with E-state index in [2.05, 4.69) is 75.3 Å². The summed E-state index contributed by atoms with van der Waals surface area (Å²) in [6, 6.07) is 11.2. The number of hydrogen-bond donors (Lipinski definition) is 1. The zero-order valence-corrected chi connectivity index (χ0v) is 12.5. The van der Waals surface area contributed by atoms with Crippen molar-refractivity contribution in [2.24, 2.45) is 5.41 Å². The molecule has 2 heteroatoms. The first-order chi connectivity index (χ1) is 8.51. The molecule has 0 radical (unpaired) electrons. The fourth-order valence-corrected chi connectivity index (χ4v) is 2.59. The van der Waals surface area contributed by atoms with Crippen molar-refractivity contribution in [2.75, 3.05) is 26.7 Å². The van der Waals surface area contributed by atoms with Crippen LogP contribution in [0.3, 0.4) is 0 Å². The number of nitrogens with zero attached hydrogens (tertiary/aromatic N) is 1. The first-order valence-electron chi connectivity index (χ1n) is 6.98. The van der Waals surface area contributed by atoms with Gasteiger partial charge < -0.3 is 10.2 Å². The van der Waals surface area contributed by atoms with Crippen LogP contribution in [0.4, 0.5) is 0 Å². The summed E-state index contributed by atoms with van der Waals surface area (Å²) in [6.45, 7) is 12.3. The summed E-state index contributed by atoms with van der Waals surface area (Å²) in [6.07, 6.45) is 0. The Bertz CT molecular complexity index is 332. The lowest BCUT2D eigenvalue weighted by Gasteiger charge is -2.38. The van der Waals surface area contributed by atoms with Crippen LogP contribution in [0.1, 0.15) is 39.3 Å². The van der Waals surface area contributed by atoms with Crippen molar-refractivity contribution < 1.29 is 0 Å². The normalized spacial score (nSPS) is 13.9. The van der Waals surface area contributed by atoms with Crippen LogP contribution in [0, 0.1) is 5.41 Å². The van der Waals surface area contributed by atoms with Gasteiger partial charge in [-0.1, -0.05) is 58.0 Å². The summed E-state index contributed by atoms with van der Waals surface area (Å²) in [5, 5.41) is 3.64. The Hall–Kier alpha value is -0.860. The van der Waals surface area contributed by atoms with Gasteiger partial charge in [0.25, 0.3) is 0 Å². The minimum absolute atomic E-state index is 0.210. The standard InChI is InChI=1S/C16H28N2/c1-6-17-15(14-11-9-8-10-12-14)16(3,4)13-18(5)7-2/h8-12,15,17H,6-7,13H2,1-5H3. The molecule has 102 valence electrons. The second-order valence-electron chi connectivity index (χ2n) is 5.72. The molecule has 2 nitrogen and oxygen atoms in total. The van der Waals surface area contributed by atoms with Crippen molar-refractivity contribution >= 4 is 0 Å². The van der Waals surface area contributed by atoms with Crippen molar-refractivity contribution in [3.8, 4) is 0 Å². The Labute approximate surface area is 112 Å². The van der Waals surface area contributed by atoms with Crippen LogP contribution < -0.4 is 5.32 Å². The van der Waals surface area contributed by atoms with Gasteiger partial charge in [0.2, 0.25) is 0 Å². The third-order valence-electron chi connectivity index (χ3n) is 3.54. The topological polar surface area (TPSA) is 15.3 Å². The minimum Gasteiger partial charge on any atom is -0.310 e. The van der Waals surface area contributed by atoms with Crippen LogP contribution >= 0.6 is 0 Å². The molecule has 0 aliphatic carbocycles. The van der Waals surface area contributed by atoms with Crippen LogP contribution in [0.5, 0.6) is 0 Å². The Kier molecular flexibility index (Phi) is 5.83. The highest BCUT2D eigenvalue weighted by atomic mass is 15.1. The van der Waals surface area contributed by atoms with E-state index in [1.807, 2.05) is 0 Å². The maximum atomic E-state index is 3.64. The van der Waals surface area contributed by atoms with E-state index in [9.17, 15) is 0 Å². The predicted octanol–water partition coefficient (Wildman–Crippen LogP) is 3.32. The van der Waals surface area contributed by atoms with Crippen LogP contribution in [-0.2, 0) is 0 Å². The van der Waals surface area contributed by atoms with Crippen molar-refractivity contribution in [1.29, 1.82) is 0 Å². The monoisotopic (exact) mass is 248 g/mol. The van der Waals surface area contributed by atoms with E-state index in [0.29, 0.717) is 6.04 Å². The van der Waals surface area contributed by atoms with Crippen LogP contribution in [0.25, 0.3) is 0 Å². The summed E-state index contributed by atoms with van der Waals surface area (Å²) in [5.74, 6) is 0. The van der Waals surface area contributed by atoms with E-state index in [0.717, 1.165) is 19.6 Å². The van der Waals surface area contributed by atoms with Gasteiger partial charge in [0, 0.05) is 12.6 Å². The lowest BCUT2D eigenvalue weighted by atomic mass is 9.80. The maximum Gasteiger partial charge on any atom is 0.0384 e. The molecule has 1 aromatic rings. The first-order valence-corrected chi connectivity index (χ1v) is 6.98. The molecule has 1 atom stereocenters. The highest BCUT2D eigenvalue weighted by Gasteiger charge is 2.30. The van der Waals surface area contributed by atoms with Crippen molar-refractivity contribution in [2.45, 2.75) is 33.7 Å². The Morgan fingerprint density at radius 2 is 1.78 bits per heavy atom. The average Bonchev–Trinajstić information content (AvgIpc) is 2.36. The number of rotatable bonds is 7. The quantitative estimate of drug-likeness (QED) is 0.796. The fraction of sp³-hybridized carbons (Fsp3) is 0.625. The molecule has 0 aliphatic heterocycles. The van der Waals surface area contributed by atoms with Gasteiger partial charge in [-0.25, -0.2) is 0 Å². The van der Waals surface area contributed by atoms with Gasteiger partial charge in [-0.05, 0) is 31.1 Å². The molecule has 0 spiro atoms. The lowest BCUT2D eigenvalue weighted by molar-refractivity contribution is 0.162. The second-order valence-corrected chi connectivity index (χ2v) is 5.72. The molecule has 1 aromatic carbocycles. The lowest BCUT2D eigenvalue weighted by Crippen LogP contribution is -2.41. The molecule has 1 rings (SSSR count). The largest absolute Gasteiger partial charge is 0.310 e. The van der Waals surface area contributed by atoms with Gasteiger partial charge in [-0.3, -0.25) is 0 Å². The summed E-state index contributed by atoms with van der Waals surface area (Å²) in [5.41, 5.74) is 1.59. The SMILES string of the molecule is CCNC(c1ccccc1)C(C)(C)CN(C)CC. The van der Waals surface area contributed by atoms with Gasteiger partial charge >= 0.3 is 0 Å². The number of hydrogen-bond acceptors (Lipinski definition) is 2. The Balaban J connectivity index is 2.90. The van der Waals surface area contributed by atoms with Gasteiger partial charge in [0.05, 0.1) is 0 Å². The van der Waals surface area contributed by atoms with Crippen LogP contribution in [0.15, 0.2) is 30.3 Å². The van der Waals surface area contributed by atoms with E-state index in [1.54, 1.807) is 0 Å². The van der Waals surface area contributed by atoms with Gasteiger partial charge in [-0.15, -0.1) is 0 Å². The predicted molar refractivity (Wildman–Crippen MR) is 79.8 cm³/mol. The molecule has 0 saturated heterocycles. The third kappa shape index (κ3) is 4.11. The molecular formula is C16H28N2. The summed E-state index contributed by atoms with van der Waals surface area (Å²) in [7, 11) is 2.19. The highest BCUT2D eigenvalue weighted by molar-refractivity contribution is 5.21. The molecule has 0 amide bonds. The Morgan fingerprint density at radius 3 is 2.28 bits per heavy atom. The van der Waals surface area contributed by atoms with E-state index in [4.69, 9.17) is 0 Å². The molecule has 0 heterocycles. The van der Waals surface area contributed by atoms with Crippen molar-refractivity contribution in [3.63, 3.8) is 0 Å². The molecule has 1 N–H and O–H groups in total. The minimum atomic E-state index is 0.210. The van der Waals surface area contributed by atoms with Crippen LogP contribution in [0.2, 0.25) is 0 Å². The first kappa shape index (κ1) is 15.2. The fourth-order valence-electron chi connectivity index (χ4n) is 2.59. The third-order valence-corrected chi connectivity index (χ3v) is 3.54. The smallest absolute Gasteiger partial charge is 0.0384 e. The average molecular weight is 248 g/mol. The van der Waals surface area contributed by atoms with E-state index < -0.39 is 0 Å². The number of benzene rings is 1. The van der Waals surface area contributed by atoms with Crippen molar-refractivity contribution in [3.05, 3.63) is 35.9 Å². The molecule has 0 bridgehead atoms. The zero-order valence-electron chi connectivity index (χ0n) is 12.5. The zero-order chi connectivity index (χ0) is 13.6. The number of nitrogens with one attached hydrogen (secondary N) is 1.